The van der Waals surface area contributed by atoms with Crippen LogP contribution < -0.4 is 10.9 Å². The fourth-order valence-electron chi connectivity index (χ4n) is 2.64. The fourth-order valence-corrected chi connectivity index (χ4v) is 3.41. The zero-order valence-electron chi connectivity index (χ0n) is 15.1. The smallest absolute Gasteiger partial charge is 0.278 e. The zero-order valence-corrected chi connectivity index (χ0v) is 15.9. The summed E-state index contributed by atoms with van der Waals surface area (Å²) >= 11 is 1.27. The third-order valence-corrected chi connectivity index (χ3v) is 5.33. The predicted molar refractivity (Wildman–Crippen MR) is 105 cm³/mol. The minimum absolute atomic E-state index is 0.0592. The summed E-state index contributed by atoms with van der Waals surface area (Å²) in [5.74, 6) is 0.164. The van der Waals surface area contributed by atoms with Gasteiger partial charge in [-0.05, 0) is 18.9 Å². The van der Waals surface area contributed by atoms with Crippen molar-refractivity contribution in [1.29, 1.82) is 0 Å². The number of hydrogen-bond donors (Lipinski definition) is 2. The van der Waals surface area contributed by atoms with E-state index in [4.69, 9.17) is 0 Å². The van der Waals surface area contributed by atoms with Gasteiger partial charge in [-0.2, -0.15) is 0 Å². The molecule has 136 valence electrons. The Morgan fingerprint density at radius 3 is 2.77 bits per heavy atom. The van der Waals surface area contributed by atoms with Crippen LogP contribution in [0.4, 0.5) is 0 Å². The van der Waals surface area contributed by atoms with E-state index in [1.807, 2.05) is 44.2 Å². The van der Waals surface area contributed by atoms with Crippen LogP contribution in [0.5, 0.6) is 0 Å². The Balaban J connectivity index is 1.93. The van der Waals surface area contributed by atoms with Gasteiger partial charge in [-0.15, -0.1) is 0 Å². The van der Waals surface area contributed by atoms with Gasteiger partial charge >= 0.3 is 0 Å². The number of H-pyrrole nitrogens is 1. The van der Waals surface area contributed by atoms with E-state index in [9.17, 15) is 9.59 Å². The van der Waals surface area contributed by atoms with Gasteiger partial charge in [0.25, 0.3) is 5.56 Å². The molecule has 0 aliphatic rings. The van der Waals surface area contributed by atoms with Gasteiger partial charge in [0.05, 0.1) is 5.75 Å². The van der Waals surface area contributed by atoms with Gasteiger partial charge < -0.3 is 10.3 Å². The first-order valence-electron chi connectivity index (χ1n) is 8.57. The number of amides is 1. The number of benzene rings is 1. The minimum Gasteiger partial charge on any atom is -0.355 e. The van der Waals surface area contributed by atoms with Crippen molar-refractivity contribution in [2.45, 2.75) is 31.5 Å². The third-order valence-electron chi connectivity index (χ3n) is 4.30. The highest BCUT2D eigenvalue weighted by molar-refractivity contribution is 7.99. The van der Waals surface area contributed by atoms with Crippen molar-refractivity contribution in [1.82, 2.24) is 19.9 Å². The van der Waals surface area contributed by atoms with Crippen LogP contribution >= 0.6 is 11.8 Å². The summed E-state index contributed by atoms with van der Waals surface area (Å²) in [6, 6.07) is 9.94. The average molecular weight is 370 g/mol. The Morgan fingerprint density at radius 2 is 2.08 bits per heavy atom. The Bertz CT molecular complexity index is 978. The van der Waals surface area contributed by atoms with Crippen LogP contribution in [0, 0.1) is 0 Å². The van der Waals surface area contributed by atoms with Crippen LogP contribution in [-0.2, 0) is 11.8 Å². The lowest BCUT2D eigenvalue weighted by Crippen LogP contribution is -2.33. The zero-order chi connectivity index (χ0) is 18.7. The molecule has 3 aromatic rings. The van der Waals surface area contributed by atoms with Crippen molar-refractivity contribution in [3.63, 3.8) is 0 Å². The molecule has 6 nitrogen and oxygen atoms in total. The van der Waals surface area contributed by atoms with Crippen molar-refractivity contribution in [2.24, 2.45) is 7.05 Å². The molecule has 26 heavy (non-hydrogen) atoms. The molecule has 1 atom stereocenters. The maximum Gasteiger partial charge on any atom is 0.278 e. The molecule has 0 saturated heterocycles. The molecule has 7 heteroatoms. The lowest BCUT2D eigenvalue weighted by Gasteiger charge is -2.12. The first-order chi connectivity index (χ1) is 12.5. The second kappa shape index (κ2) is 7.78. The monoisotopic (exact) mass is 370 g/mol. The maximum atomic E-state index is 12.6. The Morgan fingerprint density at radius 1 is 1.35 bits per heavy atom. The third kappa shape index (κ3) is 3.67. The minimum atomic E-state index is -0.151. The van der Waals surface area contributed by atoms with E-state index in [0.717, 1.165) is 17.5 Å². The van der Waals surface area contributed by atoms with Gasteiger partial charge in [0.1, 0.15) is 11.0 Å². The van der Waals surface area contributed by atoms with Gasteiger partial charge in [-0.25, -0.2) is 4.98 Å². The molecule has 2 heterocycles. The Kier molecular flexibility index (Phi) is 5.46. The summed E-state index contributed by atoms with van der Waals surface area (Å²) in [4.78, 5) is 32.4. The van der Waals surface area contributed by atoms with Crippen LogP contribution in [0.2, 0.25) is 0 Å². The van der Waals surface area contributed by atoms with Crippen LogP contribution in [-0.4, -0.2) is 32.2 Å². The summed E-state index contributed by atoms with van der Waals surface area (Å²) in [6.07, 6.45) is 2.68. The molecule has 0 aliphatic heterocycles. The second-order valence-corrected chi connectivity index (χ2v) is 7.16. The molecule has 0 fully saturated rings. The first kappa shape index (κ1) is 18.3. The number of fused-ring (bicyclic) bond motifs is 1. The fraction of sp³-hybridized carbons (Fsp3) is 0.316. The highest BCUT2D eigenvalue weighted by Crippen LogP contribution is 2.27. The number of nitrogens with one attached hydrogen (secondary N) is 2. The van der Waals surface area contributed by atoms with Crippen molar-refractivity contribution >= 4 is 28.7 Å². The molecule has 0 saturated carbocycles. The number of thioether (sulfide) groups is 1. The molecule has 0 unspecified atom stereocenters. The number of carbonyl (C=O) groups excluding carboxylic acids is 1. The largest absolute Gasteiger partial charge is 0.355 e. The van der Waals surface area contributed by atoms with Crippen molar-refractivity contribution < 1.29 is 4.79 Å². The molecular weight excluding hydrogens is 348 g/mol. The summed E-state index contributed by atoms with van der Waals surface area (Å²) in [7, 11) is 1.67. The van der Waals surface area contributed by atoms with Crippen LogP contribution in [0.25, 0.3) is 22.2 Å². The van der Waals surface area contributed by atoms with E-state index in [1.54, 1.807) is 13.2 Å². The molecule has 0 radical (unpaired) electrons. The SMILES string of the molecule is CC[C@@H](C)NC(=O)CSc1nc2c(-c3ccccc3)c[nH]c2c(=O)n1C. The van der Waals surface area contributed by atoms with Crippen molar-refractivity contribution in [3.8, 4) is 11.1 Å². The molecular formula is C19H22N4O2S. The van der Waals surface area contributed by atoms with Crippen LogP contribution in [0.3, 0.4) is 0 Å². The first-order valence-corrected chi connectivity index (χ1v) is 9.55. The average Bonchev–Trinajstić information content (AvgIpc) is 3.08. The molecule has 0 spiro atoms. The number of aromatic nitrogens is 3. The molecule has 1 amide bonds. The predicted octanol–water partition coefficient (Wildman–Crippen LogP) is 2.94. The number of aromatic amines is 1. The van der Waals surface area contributed by atoms with Crippen molar-refractivity contribution in [2.75, 3.05) is 5.75 Å². The summed E-state index contributed by atoms with van der Waals surface area (Å²) in [6.45, 7) is 3.99. The molecule has 2 N–H and O–H groups in total. The van der Waals surface area contributed by atoms with Crippen molar-refractivity contribution in [3.05, 3.63) is 46.9 Å². The molecule has 2 aromatic heterocycles. The summed E-state index contributed by atoms with van der Waals surface area (Å²) < 4.78 is 1.48. The number of hydrogen-bond acceptors (Lipinski definition) is 4. The second-order valence-electron chi connectivity index (χ2n) is 6.22. The number of nitrogens with zero attached hydrogens (tertiary/aromatic N) is 2. The van der Waals surface area contributed by atoms with E-state index >= 15 is 0 Å². The van der Waals surface area contributed by atoms with E-state index in [1.165, 1.54) is 16.3 Å². The van der Waals surface area contributed by atoms with Gasteiger partial charge in [-0.3, -0.25) is 14.2 Å². The van der Waals surface area contributed by atoms with Gasteiger partial charge in [-0.1, -0.05) is 49.0 Å². The highest BCUT2D eigenvalue weighted by atomic mass is 32.2. The van der Waals surface area contributed by atoms with E-state index < -0.39 is 0 Å². The van der Waals surface area contributed by atoms with Gasteiger partial charge in [0.2, 0.25) is 5.91 Å². The summed E-state index contributed by atoms with van der Waals surface area (Å²) in [5, 5.41) is 3.45. The number of rotatable bonds is 6. The van der Waals surface area contributed by atoms with Crippen LogP contribution in [0.15, 0.2) is 46.5 Å². The lowest BCUT2D eigenvalue weighted by atomic mass is 10.1. The topological polar surface area (TPSA) is 79.8 Å². The van der Waals surface area contributed by atoms with Gasteiger partial charge in [0, 0.05) is 24.8 Å². The van der Waals surface area contributed by atoms with E-state index in [2.05, 4.69) is 15.3 Å². The molecule has 0 aliphatic carbocycles. The Hall–Kier alpha value is -2.54. The quantitative estimate of drug-likeness (QED) is 0.516. The number of carbonyl (C=O) groups is 1. The normalized spacial score (nSPS) is 12.3. The highest BCUT2D eigenvalue weighted by Gasteiger charge is 2.16. The molecule has 0 bridgehead atoms. The van der Waals surface area contributed by atoms with E-state index in [-0.39, 0.29) is 23.3 Å². The lowest BCUT2D eigenvalue weighted by molar-refractivity contribution is -0.119. The van der Waals surface area contributed by atoms with E-state index in [0.29, 0.717) is 16.2 Å². The summed E-state index contributed by atoms with van der Waals surface area (Å²) in [5.41, 5.74) is 2.82. The molecule has 1 aromatic carbocycles. The maximum absolute atomic E-state index is 12.6. The molecule has 3 rings (SSSR count). The Labute approximate surface area is 156 Å². The van der Waals surface area contributed by atoms with Gasteiger partial charge in [0.15, 0.2) is 5.16 Å². The standard InChI is InChI=1S/C19H22N4O2S/c1-4-12(2)21-15(24)11-26-19-22-16-14(13-8-6-5-7-9-13)10-20-17(16)18(25)23(19)3/h5-10,12,20H,4,11H2,1-3H3,(H,21,24)/t12-/m1/s1. The van der Waals surface area contributed by atoms with Crippen LogP contribution in [0.1, 0.15) is 20.3 Å².